The fraction of sp³-hybridized carbons (Fsp3) is 0.647. The molecule has 20 nitrogen and oxygen atoms in total. The largest absolute Gasteiger partial charge is 0.389 e. The monoisotopic (exact) mass is 1290 g/mol. The van der Waals surface area contributed by atoms with Crippen molar-refractivity contribution in [2.24, 2.45) is 23.7 Å². The third kappa shape index (κ3) is 28.8. The van der Waals surface area contributed by atoms with Gasteiger partial charge in [-0.2, -0.15) is 0 Å². The zero-order valence-corrected chi connectivity index (χ0v) is 55.4. The summed E-state index contributed by atoms with van der Waals surface area (Å²) in [6, 6.07) is 14.2. The Hall–Kier alpha value is -5.86. The summed E-state index contributed by atoms with van der Waals surface area (Å²) < 4.78 is 55.8. The average molecular weight is 1290 g/mol. The van der Waals surface area contributed by atoms with Gasteiger partial charge in [0, 0.05) is 66.0 Å². The SMILES string of the molecule is C#CC[C@H](NC(=O)[C@H](Cc1ccccc1)CS(=O)(=O)N(C)CCN(C)CC)C(=O)N[C@@H](CC1CCCCC1)[C@@H](O)[C@@H](O)CC#C.C#CC[C@H](NC(=O)[C@H](Cc1ccccc1)CS(=O)(=O)N(C)CCNCCC)C(=O)N[C@@H](CC1CCCCC1)[C@@H](O)[C@@H](O)CC#C. The molecule has 0 saturated heterocycles. The number of aliphatic hydroxyl groups excluding tert-OH is 4. The van der Waals surface area contributed by atoms with Crippen molar-refractivity contribution in [1.29, 1.82) is 0 Å². The summed E-state index contributed by atoms with van der Waals surface area (Å²) in [6.45, 7) is 7.08. The van der Waals surface area contributed by atoms with Crippen LogP contribution in [0.15, 0.2) is 60.7 Å². The number of aliphatic hydroxyl groups is 4. The van der Waals surface area contributed by atoms with Crippen molar-refractivity contribution in [3.8, 4) is 49.4 Å². The lowest BCUT2D eigenvalue weighted by Gasteiger charge is -2.33. The molecule has 2 aromatic rings. The third-order valence-electron chi connectivity index (χ3n) is 17.0. The van der Waals surface area contributed by atoms with Crippen LogP contribution < -0.4 is 26.6 Å². The molecule has 0 bridgehead atoms. The fourth-order valence-corrected chi connectivity index (χ4v) is 14.0. The Balaban J connectivity index is 0.000000470. The molecule has 10 atom stereocenters. The zero-order valence-electron chi connectivity index (χ0n) is 53.8. The molecule has 0 unspecified atom stereocenters. The molecule has 9 N–H and O–H groups in total. The number of carbonyl (C=O) groups excluding carboxylic acids is 4. The molecule has 2 fully saturated rings. The Labute approximate surface area is 538 Å². The molecule has 0 aliphatic heterocycles. The van der Waals surface area contributed by atoms with Crippen LogP contribution in [0.1, 0.15) is 134 Å². The van der Waals surface area contributed by atoms with Crippen LogP contribution in [0.2, 0.25) is 0 Å². The number of benzene rings is 2. The van der Waals surface area contributed by atoms with Gasteiger partial charge in [-0.3, -0.25) is 19.2 Å². The fourth-order valence-electron chi connectivity index (χ4n) is 11.3. The van der Waals surface area contributed by atoms with Crippen molar-refractivity contribution in [3.05, 3.63) is 71.8 Å². The lowest BCUT2D eigenvalue weighted by molar-refractivity contribution is -0.132. The lowest BCUT2D eigenvalue weighted by Crippen LogP contribution is -2.56. The maximum absolute atomic E-state index is 13.7. The molecule has 22 heteroatoms. The highest BCUT2D eigenvalue weighted by Crippen LogP contribution is 2.30. The standard InChI is InChI=1S/2C34H52N4O6S/c1-6-15-29(34(42)36-30(32(40)31(39)16-7-2)24-27-19-13-10-14-20-27)35-33(41)28(23-26-17-11-9-12-18-26)25-45(43,44)38(5)22-21-37(4)8-3;1-5-14-29(34(42)37-30(32(40)31(39)15-6-2)24-27-18-12-9-13-19-27)36-33(41)28(23-26-16-10-8-11-17-26)25-45(43,44)38(4)22-21-35-20-7-3/h1-2,9,11-12,17-18,27-32,39-40H,8,10,13-16,19-25H2,3-5H3,(H,35,41)(H,36,42);1-2,8,10-11,16-17,27-32,35,39-40H,7,9,12-15,18-25H2,3-4H3,(H,36,41)(H,37,42)/t2*28-,29+,30+,31+,32-/m11/s1. The van der Waals surface area contributed by atoms with Crippen LogP contribution in [-0.4, -0.2) is 195 Å². The van der Waals surface area contributed by atoms with E-state index in [2.05, 4.69) is 50.3 Å². The number of amides is 4. The molecule has 90 heavy (non-hydrogen) atoms. The van der Waals surface area contributed by atoms with Crippen LogP contribution in [0, 0.1) is 73.0 Å². The summed E-state index contributed by atoms with van der Waals surface area (Å²) >= 11 is 0. The number of rotatable bonds is 39. The van der Waals surface area contributed by atoms with Gasteiger partial charge < -0.3 is 51.9 Å². The first kappa shape index (κ1) is 78.4. The number of nitrogens with one attached hydrogen (secondary N) is 5. The van der Waals surface area contributed by atoms with Crippen LogP contribution in [0.25, 0.3) is 0 Å². The van der Waals surface area contributed by atoms with E-state index in [1.54, 1.807) is 0 Å². The minimum atomic E-state index is -3.83. The van der Waals surface area contributed by atoms with Gasteiger partial charge >= 0.3 is 0 Å². The third-order valence-corrected chi connectivity index (χ3v) is 20.9. The number of likely N-dealkylation sites (N-methyl/N-ethyl adjacent to an activating group) is 3. The smallest absolute Gasteiger partial charge is 0.243 e. The molecule has 2 aromatic carbocycles. The van der Waals surface area contributed by atoms with Gasteiger partial charge in [-0.15, -0.1) is 49.4 Å². The Morgan fingerprint density at radius 2 is 0.900 bits per heavy atom. The zero-order chi connectivity index (χ0) is 66.7. The van der Waals surface area contributed by atoms with Crippen LogP contribution in [0.3, 0.4) is 0 Å². The van der Waals surface area contributed by atoms with E-state index in [9.17, 15) is 56.4 Å². The van der Waals surface area contributed by atoms with Crippen molar-refractivity contribution < 1.29 is 56.4 Å². The molecule has 0 spiro atoms. The van der Waals surface area contributed by atoms with Gasteiger partial charge in [0.2, 0.25) is 43.7 Å². The number of hydrogen-bond acceptors (Lipinski definition) is 14. The molecule has 2 aliphatic rings. The summed E-state index contributed by atoms with van der Waals surface area (Å²) in [5.41, 5.74) is 1.55. The van der Waals surface area contributed by atoms with Crippen LogP contribution in [0.4, 0.5) is 0 Å². The minimum absolute atomic E-state index is 0.0818. The van der Waals surface area contributed by atoms with Gasteiger partial charge in [-0.25, -0.2) is 25.4 Å². The first-order valence-corrected chi connectivity index (χ1v) is 35.2. The molecule has 0 heterocycles. The first-order valence-electron chi connectivity index (χ1n) is 32.0. The van der Waals surface area contributed by atoms with Gasteiger partial charge in [-0.05, 0) is 75.2 Å². The summed E-state index contributed by atoms with van der Waals surface area (Å²) in [5.74, 6) is 4.67. The number of terminal acetylenes is 4. The second-order valence-corrected chi connectivity index (χ2v) is 28.4. The number of hydrogen-bond donors (Lipinski definition) is 9. The van der Waals surface area contributed by atoms with Crippen molar-refractivity contribution in [2.75, 3.05) is 71.9 Å². The highest BCUT2D eigenvalue weighted by molar-refractivity contribution is 7.89. The Bertz CT molecular complexity index is 2850. The normalized spacial score (nSPS) is 17.4. The Morgan fingerprint density at radius 3 is 1.26 bits per heavy atom. The van der Waals surface area contributed by atoms with Crippen LogP contribution >= 0.6 is 0 Å². The van der Waals surface area contributed by atoms with E-state index in [1.165, 1.54) is 22.7 Å². The maximum atomic E-state index is 13.7. The van der Waals surface area contributed by atoms with Gasteiger partial charge in [0.05, 0.1) is 47.6 Å². The minimum Gasteiger partial charge on any atom is -0.389 e. The summed E-state index contributed by atoms with van der Waals surface area (Å²) in [5, 5.41) is 57.0. The second-order valence-electron chi connectivity index (χ2n) is 24.2. The van der Waals surface area contributed by atoms with E-state index in [0.29, 0.717) is 25.9 Å². The summed E-state index contributed by atoms with van der Waals surface area (Å²) in [6.07, 6.45) is 28.7. The predicted molar refractivity (Wildman–Crippen MR) is 354 cm³/mol. The van der Waals surface area contributed by atoms with Crippen molar-refractivity contribution >= 4 is 43.7 Å². The Morgan fingerprint density at radius 1 is 0.522 bits per heavy atom. The first-order chi connectivity index (χ1) is 42.9. The quantitative estimate of drug-likeness (QED) is 0.0342. The number of carbonyl (C=O) groups is 4. The molecule has 4 rings (SSSR count). The van der Waals surface area contributed by atoms with Crippen molar-refractivity contribution in [3.63, 3.8) is 0 Å². The topological polar surface area (TPSA) is 287 Å². The van der Waals surface area contributed by atoms with Crippen LogP contribution in [-0.2, 0) is 52.1 Å². The van der Waals surface area contributed by atoms with Gasteiger partial charge in [0.1, 0.15) is 24.3 Å². The lowest BCUT2D eigenvalue weighted by atomic mass is 9.82. The molecule has 0 aromatic heterocycles. The van der Waals surface area contributed by atoms with Crippen molar-refractivity contribution in [1.82, 2.24) is 40.1 Å². The van der Waals surface area contributed by atoms with Crippen molar-refractivity contribution in [2.45, 2.75) is 184 Å². The molecule has 2 aliphatic carbocycles. The summed E-state index contributed by atoms with van der Waals surface area (Å²) in [4.78, 5) is 56.5. The molecular formula is C68H104N8O12S2. The van der Waals surface area contributed by atoms with Gasteiger partial charge in [-0.1, -0.05) is 139 Å². The predicted octanol–water partition coefficient (Wildman–Crippen LogP) is 3.58. The molecular weight excluding hydrogens is 1180 g/mol. The van der Waals surface area contributed by atoms with E-state index in [0.717, 1.165) is 94.8 Å². The van der Waals surface area contributed by atoms with E-state index >= 15 is 0 Å². The van der Waals surface area contributed by atoms with Gasteiger partial charge in [0.15, 0.2) is 0 Å². The van der Waals surface area contributed by atoms with Gasteiger partial charge in [0.25, 0.3) is 0 Å². The second kappa shape index (κ2) is 42.3. The highest BCUT2D eigenvalue weighted by Gasteiger charge is 2.37. The molecule has 4 amide bonds. The molecule has 500 valence electrons. The van der Waals surface area contributed by atoms with E-state index in [1.807, 2.05) is 86.5 Å². The number of nitrogens with zero attached hydrogens (tertiary/aromatic N) is 3. The molecule has 0 radical (unpaired) electrons. The maximum Gasteiger partial charge on any atom is 0.243 e. The van der Waals surface area contributed by atoms with E-state index in [4.69, 9.17) is 25.7 Å². The highest BCUT2D eigenvalue weighted by atomic mass is 32.2. The average Bonchev–Trinajstić information content (AvgIpc) is 3.27. The molecule has 2 saturated carbocycles. The summed E-state index contributed by atoms with van der Waals surface area (Å²) in [7, 11) is -2.77. The van der Waals surface area contributed by atoms with E-state index in [-0.39, 0.29) is 63.5 Å². The number of sulfonamides is 2. The Kier molecular flexibility index (Phi) is 36.8. The van der Waals surface area contributed by atoms with E-state index < -0.39 is 116 Å². The van der Waals surface area contributed by atoms with Crippen LogP contribution in [0.5, 0.6) is 0 Å².